The molecule has 0 aliphatic heterocycles. The summed E-state index contributed by atoms with van der Waals surface area (Å²) in [5.74, 6) is 1.11. The Kier molecular flexibility index (Phi) is 5.30. The zero-order valence-corrected chi connectivity index (χ0v) is 13.4. The molecular weight excluding hydrogens is 326 g/mol. The molecule has 0 saturated carbocycles. The first-order chi connectivity index (χ1) is 8.69. The number of nitrogens with two attached hydrogens (primary N) is 1. The molecular formula is C14H16BrNS2. The van der Waals surface area contributed by atoms with Crippen molar-refractivity contribution in [3.05, 3.63) is 50.6 Å². The number of thioether (sulfide) groups is 1. The molecule has 2 rings (SSSR count). The molecule has 1 heterocycles. The predicted molar refractivity (Wildman–Crippen MR) is 85.5 cm³/mol. The maximum atomic E-state index is 6.24. The van der Waals surface area contributed by atoms with Crippen LogP contribution >= 0.6 is 39.0 Å². The Morgan fingerprint density at radius 1 is 1.33 bits per heavy atom. The summed E-state index contributed by atoms with van der Waals surface area (Å²) in [6.45, 7) is 2.17. The highest BCUT2D eigenvalue weighted by Gasteiger charge is 2.08. The van der Waals surface area contributed by atoms with Gasteiger partial charge in [0.15, 0.2) is 0 Å². The summed E-state index contributed by atoms with van der Waals surface area (Å²) in [5.41, 5.74) is 7.45. The van der Waals surface area contributed by atoms with Gasteiger partial charge in [-0.1, -0.05) is 19.1 Å². The van der Waals surface area contributed by atoms with Gasteiger partial charge in [0.25, 0.3) is 0 Å². The van der Waals surface area contributed by atoms with Crippen molar-refractivity contribution in [1.29, 1.82) is 0 Å². The fraction of sp³-hybridized carbons (Fsp3) is 0.286. The van der Waals surface area contributed by atoms with Gasteiger partial charge in [-0.2, -0.15) is 0 Å². The van der Waals surface area contributed by atoms with E-state index in [9.17, 15) is 0 Å². The highest BCUT2D eigenvalue weighted by molar-refractivity contribution is 9.10. The molecule has 1 atom stereocenters. The van der Waals surface area contributed by atoms with Gasteiger partial charge in [-0.25, -0.2) is 0 Å². The van der Waals surface area contributed by atoms with Gasteiger partial charge < -0.3 is 5.73 Å². The zero-order chi connectivity index (χ0) is 13.0. The summed E-state index contributed by atoms with van der Waals surface area (Å²) in [4.78, 5) is 2.63. The van der Waals surface area contributed by atoms with Gasteiger partial charge in [-0.15, -0.1) is 23.1 Å². The van der Waals surface area contributed by atoms with Crippen molar-refractivity contribution in [3.63, 3.8) is 0 Å². The highest BCUT2D eigenvalue weighted by atomic mass is 79.9. The number of thiophene rings is 1. The third kappa shape index (κ3) is 3.85. The second kappa shape index (κ2) is 6.75. The Bertz CT molecular complexity index is 493. The minimum Gasteiger partial charge on any atom is -0.324 e. The van der Waals surface area contributed by atoms with E-state index in [0.717, 1.165) is 16.6 Å². The lowest BCUT2D eigenvalue weighted by Gasteiger charge is -2.11. The van der Waals surface area contributed by atoms with E-state index in [1.54, 1.807) is 11.3 Å². The molecule has 4 heteroatoms. The van der Waals surface area contributed by atoms with Gasteiger partial charge in [-0.3, -0.25) is 0 Å². The molecule has 0 fully saturated rings. The fourth-order valence-electron chi connectivity index (χ4n) is 1.77. The van der Waals surface area contributed by atoms with Crippen LogP contribution in [0.1, 0.15) is 23.4 Å². The molecule has 1 aromatic heterocycles. The van der Waals surface area contributed by atoms with Crippen LogP contribution in [0, 0.1) is 0 Å². The summed E-state index contributed by atoms with van der Waals surface area (Å²) in [5, 5.41) is 2.10. The summed E-state index contributed by atoms with van der Waals surface area (Å²) < 4.78 is 1.14. The van der Waals surface area contributed by atoms with Crippen LogP contribution in [0.15, 0.2) is 45.1 Å². The predicted octanol–water partition coefficient (Wildman–Crippen LogP) is 4.87. The van der Waals surface area contributed by atoms with E-state index in [0.29, 0.717) is 0 Å². The lowest BCUT2D eigenvalue weighted by atomic mass is 10.0. The van der Waals surface area contributed by atoms with Gasteiger partial charge in [0.05, 0.1) is 0 Å². The molecule has 0 aliphatic rings. The van der Waals surface area contributed by atoms with E-state index in [-0.39, 0.29) is 6.04 Å². The summed E-state index contributed by atoms with van der Waals surface area (Å²) in [6, 6.07) is 10.8. The standard InChI is InChI=1S/C14H16BrNS2/c1-2-17-12-5-3-10(4-6-12)14(16)8-13-7-11(15)9-18-13/h3-7,9,14H,2,8,16H2,1H3. The quantitative estimate of drug-likeness (QED) is 0.785. The topological polar surface area (TPSA) is 26.0 Å². The van der Waals surface area contributed by atoms with Gasteiger partial charge in [0, 0.05) is 32.1 Å². The number of halogens is 1. The van der Waals surface area contributed by atoms with Gasteiger partial charge >= 0.3 is 0 Å². The SMILES string of the molecule is CCSc1ccc(C(N)Cc2cc(Br)cs2)cc1. The van der Waals surface area contributed by atoms with Crippen molar-refractivity contribution in [2.24, 2.45) is 5.73 Å². The van der Waals surface area contributed by atoms with Crippen LogP contribution in [0.3, 0.4) is 0 Å². The van der Waals surface area contributed by atoms with Crippen molar-refractivity contribution < 1.29 is 0 Å². The number of hydrogen-bond acceptors (Lipinski definition) is 3. The van der Waals surface area contributed by atoms with Crippen molar-refractivity contribution in [2.75, 3.05) is 5.75 Å². The molecule has 18 heavy (non-hydrogen) atoms. The molecule has 0 radical (unpaired) electrons. The molecule has 1 aromatic carbocycles. The van der Waals surface area contributed by atoms with Crippen LogP contribution in [0.5, 0.6) is 0 Å². The molecule has 0 amide bonds. The Labute approximate surface area is 125 Å². The average Bonchev–Trinajstić information content (AvgIpc) is 2.76. The van der Waals surface area contributed by atoms with Crippen LogP contribution in [-0.2, 0) is 6.42 Å². The first-order valence-electron chi connectivity index (χ1n) is 5.90. The Morgan fingerprint density at radius 2 is 2.06 bits per heavy atom. The molecule has 96 valence electrons. The molecule has 0 bridgehead atoms. The number of rotatable bonds is 5. The summed E-state index contributed by atoms with van der Waals surface area (Å²) in [7, 11) is 0. The summed E-state index contributed by atoms with van der Waals surface area (Å²) >= 11 is 7.08. The Hall–Kier alpha value is -0.290. The molecule has 2 N–H and O–H groups in total. The van der Waals surface area contributed by atoms with Crippen molar-refractivity contribution in [1.82, 2.24) is 0 Å². The molecule has 0 aliphatic carbocycles. The van der Waals surface area contributed by atoms with Crippen molar-refractivity contribution in [3.8, 4) is 0 Å². The van der Waals surface area contributed by atoms with E-state index in [2.05, 4.69) is 58.6 Å². The van der Waals surface area contributed by atoms with Gasteiger partial charge in [0.1, 0.15) is 0 Å². The Balaban J connectivity index is 2.02. The second-order valence-corrected chi connectivity index (χ2v) is 7.29. The zero-order valence-electron chi connectivity index (χ0n) is 10.2. The van der Waals surface area contributed by atoms with E-state index >= 15 is 0 Å². The maximum absolute atomic E-state index is 6.24. The van der Waals surface area contributed by atoms with Crippen molar-refractivity contribution in [2.45, 2.75) is 24.3 Å². The third-order valence-electron chi connectivity index (χ3n) is 2.66. The van der Waals surface area contributed by atoms with Gasteiger partial charge in [0.2, 0.25) is 0 Å². The minimum absolute atomic E-state index is 0.0798. The summed E-state index contributed by atoms with van der Waals surface area (Å²) in [6.07, 6.45) is 0.899. The van der Waals surface area contributed by atoms with Crippen LogP contribution in [0.4, 0.5) is 0 Å². The van der Waals surface area contributed by atoms with E-state index < -0.39 is 0 Å². The first-order valence-corrected chi connectivity index (χ1v) is 8.56. The fourth-order valence-corrected chi connectivity index (χ4v) is 3.95. The largest absolute Gasteiger partial charge is 0.324 e. The highest BCUT2D eigenvalue weighted by Crippen LogP contribution is 2.25. The number of hydrogen-bond donors (Lipinski definition) is 1. The molecule has 2 aromatic rings. The van der Waals surface area contributed by atoms with Crippen LogP contribution in [0.25, 0.3) is 0 Å². The van der Waals surface area contributed by atoms with E-state index in [4.69, 9.17) is 5.73 Å². The van der Waals surface area contributed by atoms with Crippen LogP contribution in [-0.4, -0.2) is 5.75 Å². The monoisotopic (exact) mass is 341 g/mol. The third-order valence-corrected chi connectivity index (χ3v) is 5.28. The lowest BCUT2D eigenvalue weighted by Crippen LogP contribution is -2.12. The second-order valence-electron chi connectivity index (χ2n) is 4.04. The molecule has 1 unspecified atom stereocenters. The van der Waals surface area contributed by atoms with E-state index in [1.165, 1.54) is 15.3 Å². The maximum Gasteiger partial charge on any atom is 0.0343 e. The van der Waals surface area contributed by atoms with Crippen molar-refractivity contribution >= 4 is 39.0 Å². The average molecular weight is 342 g/mol. The Morgan fingerprint density at radius 3 is 2.61 bits per heavy atom. The van der Waals surface area contributed by atoms with Gasteiger partial charge in [-0.05, 0) is 45.4 Å². The van der Waals surface area contributed by atoms with Crippen LogP contribution < -0.4 is 5.73 Å². The minimum atomic E-state index is 0.0798. The van der Waals surface area contributed by atoms with E-state index in [1.807, 2.05) is 11.8 Å². The van der Waals surface area contributed by atoms with Crippen LogP contribution in [0.2, 0.25) is 0 Å². The first kappa shape index (κ1) is 14.1. The molecule has 0 saturated heterocycles. The lowest BCUT2D eigenvalue weighted by molar-refractivity contribution is 0.729. The molecule has 0 spiro atoms. The smallest absolute Gasteiger partial charge is 0.0343 e. The normalized spacial score (nSPS) is 12.6. The molecule has 1 nitrogen and oxygen atoms in total. The number of benzene rings is 1.